The van der Waals surface area contributed by atoms with E-state index in [4.69, 9.17) is 11.0 Å². The molecule has 0 radical (unpaired) electrons. The maximum absolute atomic E-state index is 11.2. The van der Waals surface area contributed by atoms with Crippen LogP contribution in [0.25, 0.3) is 0 Å². The van der Waals surface area contributed by atoms with Gasteiger partial charge in [0.25, 0.3) is 0 Å². The summed E-state index contributed by atoms with van der Waals surface area (Å²) in [5.41, 5.74) is 2.62. The molecule has 0 atom stereocenters. The molecule has 0 aliphatic carbocycles. The van der Waals surface area contributed by atoms with Gasteiger partial charge in [0.05, 0.1) is 0 Å². The average Bonchev–Trinajstić information content (AvgIpc) is 2.35. The van der Waals surface area contributed by atoms with Crippen molar-refractivity contribution in [2.45, 2.75) is 25.5 Å². The zero-order valence-corrected chi connectivity index (χ0v) is 5.97. The fraction of sp³-hybridized carbons (Fsp3) is 0.667. The van der Waals surface area contributed by atoms with Gasteiger partial charge in [0, 0.05) is 23.7 Å². The second-order valence-corrected chi connectivity index (χ2v) is 1.45. The molecule has 0 saturated heterocycles. The lowest BCUT2D eigenvalue weighted by atomic mass is 10.2. The van der Waals surface area contributed by atoms with E-state index in [2.05, 4.69) is 11.7 Å². The van der Waals surface area contributed by atoms with Crippen molar-refractivity contribution in [2.24, 2.45) is 11.7 Å². The Morgan fingerprint density at radius 1 is 1.08 bits per heavy atom. The van der Waals surface area contributed by atoms with E-state index in [1.165, 1.54) is 10.9 Å². The molecule has 2 amide bonds. The Labute approximate surface area is 81.8 Å². The highest BCUT2D eigenvalue weighted by molar-refractivity contribution is 5.76. The average molecular weight is 182 g/mol. The Hall–Kier alpha value is -1.14. The van der Waals surface area contributed by atoms with Crippen LogP contribution in [0.1, 0.15) is 36.5 Å². The molecule has 0 saturated carbocycles. The van der Waals surface area contributed by atoms with E-state index in [-0.39, 0.29) is 0 Å². The van der Waals surface area contributed by atoms with Crippen LogP contribution in [0.2, 0.25) is 0 Å². The molecule has 0 fully saturated rings. The molecule has 0 aromatic heterocycles. The highest BCUT2D eigenvalue weighted by Crippen LogP contribution is 1.98. The number of hydrazine groups is 2. The summed E-state index contributed by atoms with van der Waals surface area (Å²) in [7, 11) is 0. The Morgan fingerprint density at radius 3 is 1.67 bits per heavy atom. The summed E-state index contributed by atoms with van der Waals surface area (Å²) in [4.78, 5) is 22.5. The van der Waals surface area contributed by atoms with Crippen LogP contribution >= 0.6 is 0 Å². The van der Waals surface area contributed by atoms with Gasteiger partial charge in [0.2, 0.25) is 11.8 Å². The van der Waals surface area contributed by atoms with Gasteiger partial charge in [-0.05, 0) is 12.7 Å². The number of amides is 2. The normalized spacial score (nSPS) is 23.8. The van der Waals surface area contributed by atoms with Gasteiger partial charge in [-0.2, -0.15) is 0 Å². The molecule has 0 unspecified atom stereocenters. The van der Waals surface area contributed by atoms with E-state index in [0.29, 0.717) is 0 Å². The molecular weight excluding hydrogens is 160 g/mol. The van der Waals surface area contributed by atoms with E-state index in [0.717, 1.165) is 0 Å². The predicted molar refractivity (Wildman–Crippen MR) is 43.1 cm³/mol. The van der Waals surface area contributed by atoms with Crippen molar-refractivity contribution >= 4 is 11.8 Å². The van der Waals surface area contributed by atoms with E-state index in [1.54, 1.807) is 0 Å². The van der Waals surface area contributed by atoms with Crippen molar-refractivity contribution in [2.75, 3.05) is 0 Å². The first kappa shape index (κ1) is 3.31. The van der Waals surface area contributed by atoms with Gasteiger partial charge < -0.3 is 0 Å². The van der Waals surface area contributed by atoms with E-state index in [9.17, 15) is 9.59 Å². The van der Waals surface area contributed by atoms with Crippen LogP contribution in [0.5, 0.6) is 0 Å². The topological polar surface area (TPSA) is 110 Å². The number of rotatable bonds is 5. The van der Waals surface area contributed by atoms with Gasteiger partial charge in [-0.3, -0.25) is 20.4 Å². The zero-order valence-electron chi connectivity index (χ0n) is 14.0. The Bertz CT molecular complexity index is 374. The SMILES string of the molecule is [2H]C([2H])(C(=O)NN)C([2H])([2H])C([2H])([2H])C([2H])([2H])C(=O)NN. The number of nitrogens with two attached hydrogens (primary N) is 2. The quantitative estimate of drug-likeness (QED) is 0.236. The number of carbonyl (C=O) groups excluding carboxylic acids is 2. The van der Waals surface area contributed by atoms with Gasteiger partial charge in [0.1, 0.15) is 0 Å². The molecule has 0 bridgehead atoms. The lowest BCUT2D eigenvalue weighted by molar-refractivity contribution is -0.123. The smallest absolute Gasteiger partial charge is 0.233 e. The Balaban J connectivity index is 5.92. The second-order valence-electron chi connectivity index (χ2n) is 1.45. The molecule has 6 nitrogen and oxygen atoms in total. The summed E-state index contributed by atoms with van der Waals surface area (Å²) in [5, 5.41) is 0. The first-order valence-corrected chi connectivity index (χ1v) is 2.74. The van der Waals surface area contributed by atoms with E-state index >= 15 is 0 Å². The Kier molecular flexibility index (Phi) is 1.81. The molecule has 0 heterocycles. The summed E-state index contributed by atoms with van der Waals surface area (Å²) >= 11 is 0. The maximum atomic E-state index is 11.2. The van der Waals surface area contributed by atoms with Crippen molar-refractivity contribution in [1.29, 1.82) is 0 Å². The summed E-state index contributed by atoms with van der Waals surface area (Å²) in [6, 6.07) is 0. The zero-order chi connectivity index (χ0) is 16.6. The highest BCUT2D eigenvalue weighted by Gasteiger charge is 2.00. The van der Waals surface area contributed by atoms with Crippen molar-refractivity contribution in [3.05, 3.63) is 0 Å². The van der Waals surface area contributed by atoms with Crippen LogP contribution in [0, 0.1) is 0 Å². The third-order valence-electron chi connectivity index (χ3n) is 0.677. The molecule has 0 aliphatic rings. The van der Waals surface area contributed by atoms with Crippen LogP contribution in [0.15, 0.2) is 0 Å². The molecular formula is C6H14N4O2. The first-order valence-electron chi connectivity index (χ1n) is 6.74. The van der Waals surface area contributed by atoms with Gasteiger partial charge >= 0.3 is 0 Å². The molecule has 0 spiro atoms. The largest absolute Gasteiger partial charge is 0.294 e. The van der Waals surface area contributed by atoms with Crippen LogP contribution in [-0.2, 0) is 9.59 Å². The standard InChI is InChI=1S/C6H14N4O2/c7-9-5(11)3-1-2-4-6(12)10-8/h1-4,7-8H2,(H,9,11)(H,10,12)/i1D2,2D2,3D2,4D2. The van der Waals surface area contributed by atoms with Gasteiger partial charge in [-0.25, -0.2) is 11.7 Å². The maximum Gasteiger partial charge on any atom is 0.233 e. The van der Waals surface area contributed by atoms with Crippen LogP contribution < -0.4 is 22.5 Å². The molecule has 0 aliphatic heterocycles. The third-order valence-corrected chi connectivity index (χ3v) is 0.677. The summed E-state index contributed by atoms with van der Waals surface area (Å²) in [6.07, 6.45) is -14.6. The van der Waals surface area contributed by atoms with Crippen LogP contribution in [-0.4, -0.2) is 11.8 Å². The number of nitrogens with one attached hydrogen (secondary N) is 2. The van der Waals surface area contributed by atoms with Crippen molar-refractivity contribution in [1.82, 2.24) is 10.9 Å². The van der Waals surface area contributed by atoms with Crippen LogP contribution in [0.4, 0.5) is 0 Å². The minimum atomic E-state index is -3.74. The summed E-state index contributed by atoms with van der Waals surface area (Å²) in [6.45, 7) is 0. The monoisotopic (exact) mass is 182 g/mol. The van der Waals surface area contributed by atoms with Gasteiger partial charge in [-0.1, -0.05) is 0 Å². The number of hydrogen-bond acceptors (Lipinski definition) is 4. The fourth-order valence-electron chi connectivity index (χ4n) is 0.248. The molecule has 70 valence electrons. The molecule has 0 aromatic carbocycles. The second kappa shape index (κ2) is 6.56. The van der Waals surface area contributed by atoms with Crippen LogP contribution in [0.3, 0.4) is 0 Å². The molecule has 12 heavy (non-hydrogen) atoms. The summed E-state index contributed by atoms with van der Waals surface area (Å²) in [5.74, 6) is 5.92. The molecule has 0 rings (SSSR count). The molecule has 0 aromatic rings. The van der Waals surface area contributed by atoms with E-state index < -0.39 is 37.3 Å². The first-order chi connectivity index (χ1) is 8.71. The minimum absolute atomic E-state index is 1.31. The van der Waals surface area contributed by atoms with Gasteiger partial charge in [-0.15, -0.1) is 0 Å². The predicted octanol–water partition coefficient (Wildman–Crippen LogP) is -1.47. The minimum Gasteiger partial charge on any atom is -0.294 e. The fourth-order valence-corrected chi connectivity index (χ4v) is 0.248. The summed E-state index contributed by atoms with van der Waals surface area (Å²) < 4.78 is 58.9. The van der Waals surface area contributed by atoms with Crippen molar-refractivity contribution < 1.29 is 20.6 Å². The highest BCUT2D eigenvalue weighted by atomic mass is 16.2. The lowest BCUT2D eigenvalue weighted by Gasteiger charge is -1.99. The molecule has 6 N–H and O–H groups in total. The van der Waals surface area contributed by atoms with Gasteiger partial charge in [0.15, 0.2) is 0 Å². The molecule has 6 heteroatoms. The number of hydrogen-bond donors (Lipinski definition) is 4. The lowest BCUT2D eigenvalue weighted by Crippen LogP contribution is -2.30. The van der Waals surface area contributed by atoms with E-state index in [1.807, 2.05) is 0 Å². The van der Waals surface area contributed by atoms with Crippen molar-refractivity contribution in [3.63, 3.8) is 0 Å². The third kappa shape index (κ3) is 5.63. The Morgan fingerprint density at radius 2 is 1.42 bits per heavy atom. The van der Waals surface area contributed by atoms with Crippen molar-refractivity contribution in [3.8, 4) is 0 Å². The number of carbonyl (C=O) groups is 2.